The Morgan fingerprint density at radius 2 is 1.95 bits per heavy atom. The zero-order chi connectivity index (χ0) is 14.3. The molecule has 1 heterocycles. The molecule has 0 atom stereocenters. The summed E-state index contributed by atoms with van der Waals surface area (Å²) in [7, 11) is 0. The molecule has 106 valence electrons. The van der Waals surface area contributed by atoms with Gasteiger partial charge in [-0.15, -0.1) is 0 Å². The van der Waals surface area contributed by atoms with Crippen molar-refractivity contribution in [1.29, 1.82) is 0 Å². The van der Waals surface area contributed by atoms with Crippen LogP contribution in [0.15, 0.2) is 10.8 Å². The van der Waals surface area contributed by atoms with Crippen LogP contribution in [0.1, 0.15) is 57.3 Å². The normalized spacial score (nSPS) is 22.1. The maximum absolute atomic E-state index is 12.0. The van der Waals surface area contributed by atoms with Crippen LogP contribution in [-0.2, 0) is 0 Å². The smallest absolute Gasteiger partial charge is 0.264 e. The molecule has 1 amide bonds. The number of carbonyl (C=O) groups excluding carboxylic acids is 1. The summed E-state index contributed by atoms with van der Waals surface area (Å²) in [4.78, 5) is 12.0. The second kappa shape index (κ2) is 4.54. The van der Waals surface area contributed by atoms with Gasteiger partial charge in [0.05, 0.1) is 0 Å². The Labute approximate surface area is 113 Å². The molecule has 0 bridgehead atoms. The van der Waals surface area contributed by atoms with Crippen LogP contribution in [0.3, 0.4) is 0 Å². The minimum atomic E-state index is -0.355. The van der Waals surface area contributed by atoms with Crippen LogP contribution in [0.4, 0.5) is 0 Å². The first-order chi connectivity index (χ1) is 8.69. The van der Waals surface area contributed by atoms with Gasteiger partial charge < -0.3 is 14.9 Å². The zero-order valence-corrected chi connectivity index (χ0v) is 12.0. The Balaban J connectivity index is 2.07. The van der Waals surface area contributed by atoms with Crippen LogP contribution in [0.2, 0.25) is 0 Å². The van der Waals surface area contributed by atoms with Gasteiger partial charge in [0.2, 0.25) is 0 Å². The molecule has 1 saturated carbocycles. The van der Waals surface area contributed by atoms with Gasteiger partial charge in [-0.3, -0.25) is 4.79 Å². The first kappa shape index (κ1) is 13.9. The first-order valence-electron chi connectivity index (χ1n) is 6.63. The Hall–Kier alpha value is -1.52. The summed E-state index contributed by atoms with van der Waals surface area (Å²) >= 11 is 0. The van der Waals surface area contributed by atoms with Crippen molar-refractivity contribution in [2.24, 2.45) is 10.8 Å². The van der Waals surface area contributed by atoms with E-state index in [0.29, 0.717) is 0 Å². The molecular weight excluding hydrogens is 244 g/mol. The van der Waals surface area contributed by atoms with Crippen molar-refractivity contribution in [2.75, 3.05) is 0 Å². The number of aromatic hydroxyl groups is 1. The summed E-state index contributed by atoms with van der Waals surface area (Å²) in [6, 6.07) is 0.112. The largest absolute Gasteiger partial charge is 0.491 e. The summed E-state index contributed by atoms with van der Waals surface area (Å²) in [5.41, 5.74) is 0.508. The van der Waals surface area contributed by atoms with Crippen LogP contribution >= 0.6 is 0 Å². The van der Waals surface area contributed by atoms with E-state index in [0.717, 1.165) is 19.3 Å². The number of aromatic nitrogens is 1. The third-order valence-corrected chi connectivity index (χ3v) is 3.69. The predicted octanol–water partition coefficient (Wildman–Crippen LogP) is 2.71. The lowest BCUT2D eigenvalue weighted by molar-refractivity contribution is 0.0712. The van der Waals surface area contributed by atoms with Gasteiger partial charge in [-0.05, 0) is 35.2 Å². The highest BCUT2D eigenvalue weighted by Crippen LogP contribution is 2.45. The number of nitrogens with one attached hydrogen (secondary N) is 1. The molecule has 1 aromatic heterocycles. The molecule has 0 aromatic carbocycles. The average molecular weight is 266 g/mol. The lowest BCUT2D eigenvalue weighted by Gasteiger charge is -2.45. The summed E-state index contributed by atoms with van der Waals surface area (Å²) < 4.78 is 4.58. The predicted molar refractivity (Wildman–Crippen MR) is 70.8 cm³/mol. The van der Waals surface area contributed by atoms with E-state index in [2.05, 4.69) is 42.7 Å². The second-order valence-electron chi connectivity index (χ2n) is 7.14. The van der Waals surface area contributed by atoms with E-state index in [-0.39, 0.29) is 34.2 Å². The summed E-state index contributed by atoms with van der Waals surface area (Å²) in [6.07, 6.45) is 4.19. The maximum atomic E-state index is 12.0. The molecule has 0 unspecified atom stereocenters. The van der Waals surface area contributed by atoms with Gasteiger partial charge in [0.1, 0.15) is 11.8 Å². The molecule has 1 fully saturated rings. The van der Waals surface area contributed by atoms with E-state index < -0.39 is 0 Å². The lowest BCUT2D eigenvalue weighted by atomic mass is 9.63. The third kappa shape index (κ3) is 3.28. The van der Waals surface area contributed by atoms with Gasteiger partial charge in [-0.1, -0.05) is 27.7 Å². The van der Waals surface area contributed by atoms with E-state index in [9.17, 15) is 9.90 Å². The molecule has 0 radical (unpaired) electrons. The fraction of sp³-hybridized carbons (Fsp3) is 0.714. The average Bonchev–Trinajstić information content (AvgIpc) is 2.58. The Kier molecular flexibility index (Phi) is 3.32. The van der Waals surface area contributed by atoms with Gasteiger partial charge in [-0.25, -0.2) is 0 Å². The van der Waals surface area contributed by atoms with E-state index in [1.165, 1.54) is 6.26 Å². The van der Waals surface area contributed by atoms with Crippen molar-refractivity contribution in [3.05, 3.63) is 11.8 Å². The summed E-state index contributed by atoms with van der Waals surface area (Å²) in [5, 5.41) is 15.7. The monoisotopic (exact) mass is 266 g/mol. The summed E-state index contributed by atoms with van der Waals surface area (Å²) in [6.45, 7) is 8.90. The van der Waals surface area contributed by atoms with Gasteiger partial charge >= 0.3 is 0 Å². The number of hydrogen-bond donors (Lipinski definition) is 2. The first-order valence-corrected chi connectivity index (χ1v) is 6.63. The molecule has 0 spiro atoms. The highest BCUT2D eigenvalue weighted by atomic mass is 16.5. The van der Waals surface area contributed by atoms with E-state index in [1.54, 1.807) is 0 Å². The molecule has 1 aliphatic carbocycles. The van der Waals surface area contributed by atoms with Crippen molar-refractivity contribution in [2.45, 2.75) is 53.0 Å². The number of carbonyl (C=O) groups is 1. The van der Waals surface area contributed by atoms with Gasteiger partial charge in [0.25, 0.3) is 11.8 Å². The van der Waals surface area contributed by atoms with Crippen LogP contribution in [0.25, 0.3) is 0 Å². The van der Waals surface area contributed by atoms with Crippen LogP contribution in [0, 0.1) is 10.8 Å². The van der Waals surface area contributed by atoms with Crippen molar-refractivity contribution in [3.63, 3.8) is 0 Å². The van der Waals surface area contributed by atoms with E-state index in [1.807, 2.05) is 0 Å². The standard InChI is InChI=1S/C14H22N2O3/c1-13(2)5-9(6-14(3,4)8-13)15-11(17)10-7-19-16-12(10)18/h7,9H,5-6,8H2,1-4H3,(H,15,17)(H,16,18). The molecule has 2 N–H and O–H groups in total. The number of hydrogen-bond acceptors (Lipinski definition) is 4. The molecular formula is C14H22N2O3. The number of rotatable bonds is 2. The minimum Gasteiger partial charge on any atom is -0.491 e. The number of amides is 1. The Morgan fingerprint density at radius 3 is 2.42 bits per heavy atom. The van der Waals surface area contributed by atoms with Crippen molar-refractivity contribution in [3.8, 4) is 5.88 Å². The zero-order valence-electron chi connectivity index (χ0n) is 12.0. The molecule has 2 rings (SSSR count). The number of nitrogens with zero attached hydrogens (tertiary/aromatic N) is 1. The third-order valence-electron chi connectivity index (χ3n) is 3.69. The molecule has 1 aromatic rings. The quantitative estimate of drug-likeness (QED) is 0.863. The van der Waals surface area contributed by atoms with Gasteiger partial charge in [-0.2, -0.15) is 0 Å². The van der Waals surface area contributed by atoms with Crippen molar-refractivity contribution >= 4 is 5.91 Å². The lowest BCUT2D eigenvalue weighted by Crippen LogP contribution is -2.46. The maximum Gasteiger partial charge on any atom is 0.264 e. The Morgan fingerprint density at radius 1 is 1.37 bits per heavy atom. The summed E-state index contributed by atoms with van der Waals surface area (Å²) in [5.74, 6) is -0.677. The SMILES string of the molecule is CC1(C)CC(NC(=O)c2conc2O)CC(C)(C)C1. The van der Waals surface area contributed by atoms with Crippen molar-refractivity contribution in [1.82, 2.24) is 10.5 Å². The van der Waals surface area contributed by atoms with Crippen LogP contribution in [-0.4, -0.2) is 22.2 Å². The molecule has 5 heteroatoms. The Bertz CT molecular complexity index is 461. The fourth-order valence-corrected chi connectivity index (χ4v) is 3.60. The van der Waals surface area contributed by atoms with E-state index >= 15 is 0 Å². The molecule has 0 aliphatic heterocycles. The highest BCUT2D eigenvalue weighted by Gasteiger charge is 2.39. The molecule has 0 saturated heterocycles. The highest BCUT2D eigenvalue weighted by molar-refractivity contribution is 5.96. The van der Waals surface area contributed by atoms with Gasteiger partial charge in [0.15, 0.2) is 0 Å². The minimum absolute atomic E-state index is 0.0983. The molecule has 19 heavy (non-hydrogen) atoms. The van der Waals surface area contributed by atoms with Gasteiger partial charge in [0, 0.05) is 6.04 Å². The van der Waals surface area contributed by atoms with Crippen LogP contribution in [0.5, 0.6) is 5.88 Å². The topological polar surface area (TPSA) is 75.4 Å². The second-order valence-corrected chi connectivity index (χ2v) is 7.14. The van der Waals surface area contributed by atoms with Crippen LogP contribution < -0.4 is 5.32 Å². The molecule has 1 aliphatic rings. The fourth-order valence-electron chi connectivity index (χ4n) is 3.60. The van der Waals surface area contributed by atoms with Crippen molar-refractivity contribution < 1.29 is 14.4 Å². The van der Waals surface area contributed by atoms with E-state index in [4.69, 9.17) is 0 Å². The molecule has 5 nitrogen and oxygen atoms in total.